The fourth-order valence-corrected chi connectivity index (χ4v) is 3.63. The molecule has 1 aliphatic carbocycles. The monoisotopic (exact) mass is 281 g/mol. The van der Waals surface area contributed by atoms with Crippen molar-refractivity contribution < 1.29 is 0 Å². The number of rotatable bonds is 7. The van der Waals surface area contributed by atoms with E-state index in [4.69, 9.17) is 4.98 Å². The van der Waals surface area contributed by atoms with Gasteiger partial charge in [0.25, 0.3) is 0 Å². The molecule has 0 aromatic carbocycles. The number of hydrogen-bond acceptors (Lipinski definition) is 4. The number of aromatic nitrogens is 1. The normalized spacial score (nSPS) is 15.8. The van der Waals surface area contributed by atoms with Crippen LogP contribution in [-0.4, -0.2) is 25.1 Å². The minimum atomic E-state index is 0.510. The molecule has 0 saturated heterocycles. The van der Waals surface area contributed by atoms with E-state index in [0.29, 0.717) is 5.92 Å². The third kappa shape index (κ3) is 3.69. The second kappa shape index (κ2) is 6.71. The highest BCUT2D eigenvalue weighted by atomic mass is 32.1. The molecule has 1 heterocycles. The predicted octanol–water partition coefficient (Wildman–Crippen LogP) is 3.61. The molecule has 0 aliphatic heterocycles. The number of nitrogens with one attached hydrogen (secondary N) is 1. The van der Waals surface area contributed by atoms with E-state index in [-0.39, 0.29) is 0 Å². The first-order chi connectivity index (χ1) is 9.11. The Kier molecular flexibility index (Phi) is 5.22. The van der Waals surface area contributed by atoms with Gasteiger partial charge in [-0.2, -0.15) is 0 Å². The maximum absolute atomic E-state index is 4.88. The summed E-state index contributed by atoms with van der Waals surface area (Å²) in [6, 6.07) is 0. The van der Waals surface area contributed by atoms with Gasteiger partial charge in [-0.25, -0.2) is 4.98 Å². The molecular weight excluding hydrogens is 254 g/mol. The number of hydrogen-bond donors (Lipinski definition) is 1. The van der Waals surface area contributed by atoms with Crippen LogP contribution in [-0.2, 0) is 6.54 Å². The molecule has 1 aromatic heterocycles. The van der Waals surface area contributed by atoms with Crippen molar-refractivity contribution in [1.29, 1.82) is 0 Å². The van der Waals surface area contributed by atoms with Crippen molar-refractivity contribution in [2.45, 2.75) is 52.5 Å². The van der Waals surface area contributed by atoms with Crippen LogP contribution in [0.1, 0.15) is 56.5 Å². The fourth-order valence-electron chi connectivity index (χ4n) is 2.47. The molecule has 0 bridgehead atoms. The molecule has 4 heteroatoms. The zero-order chi connectivity index (χ0) is 13.8. The van der Waals surface area contributed by atoms with Crippen LogP contribution >= 0.6 is 11.3 Å². The summed E-state index contributed by atoms with van der Waals surface area (Å²) in [6.07, 6.45) is 4.22. The second-order valence-electron chi connectivity index (χ2n) is 5.92. The molecule has 1 aromatic rings. The van der Waals surface area contributed by atoms with Crippen LogP contribution < -0.4 is 10.2 Å². The van der Waals surface area contributed by atoms with E-state index >= 15 is 0 Å². The van der Waals surface area contributed by atoms with Crippen LogP contribution in [0.15, 0.2) is 0 Å². The smallest absolute Gasteiger partial charge is 0.185 e. The molecule has 1 N–H and O–H groups in total. The molecule has 1 saturated carbocycles. The highest BCUT2D eigenvalue weighted by Gasteiger charge is 2.22. The molecule has 108 valence electrons. The SMILES string of the molecule is CCNCc1sc(N(C)CC2CCC2)nc1C(C)C. The van der Waals surface area contributed by atoms with Gasteiger partial charge < -0.3 is 10.2 Å². The van der Waals surface area contributed by atoms with Gasteiger partial charge in [-0.1, -0.05) is 27.2 Å². The molecule has 1 fully saturated rings. The summed E-state index contributed by atoms with van der Waals surface area (Å²) in [7, 11) is 2.19. The highest BCUT2D eigenvalue weighted by Crippen LogP contribution is 2.33. The van der Waals surface area contributed by atoms with Gasteiger partial charge in [0.2, 0.25) is 0 Å². The average molecular weight is 281 g/mol. The van der Waals surface area contributed by atoms with E-state index in [0.717, 1.165) is 19.0 Å². The molecule has 3 nitrogen and oxygen atoms in total. The van der Waals surface area contributed by atoms with Crippen molar-refractivity contribution in [1.82, 2.24) is 10.3 Å². The van der Waals surface area contributed by atoms with Gasteiger partial charge in [-0.3, -0.25) is 0 Å². The van der Waals surface area contributed by atoms with Gasteiger partial charge in [-0.15, -0.1) is 11.3 Å². The lowest BCUT2D eigenvalue weighted by molar-refractivity contribution is 0.321. The van der Waals surface area contributed by atoms with E-state index in [1.54, 1.807) is 0 Å². The van der Waals surface area contributed by atoms with Crippen molar-refractivity contribution in [2.24, 2.45) is 5.92 Å². The number of anilines is 1. The third-order valence-electron chi connectivity index (χ3n) is 3.88. The molecule has 2 rings (SSSR count). The maximum atomic E-state index is 4.88. The van der Waals surface area contributed by atoms with Crippen LogP contribution in [0, 0.1) is 5.92 Å². The Morgan fingerprint density at radius 2 is 2.16 bits per heavy atom. The molecule has 0 spiro atoms. The zero-order valence-corrected chi connectivity index (χ0v) is 13.5. The largest absolute Gasteiger partial charge is 0.351 e. The van der Waals surface area contributed by atoms with Crippen LogP contribution in [0.25, 0.3) is 0 Å². The number of nitrogens with zero attached hydrogens (tertiary/aromatic N) is 2. The summed E-state index contributed by atoms with van der Waals surface area (Å²) in [5.41, 5.74) is 1.28. The summed E-state index contributed by atoms with van der Waals surface area (Å²) in [6.45, 7) is 9.77. The fraction of sp³-hybridized carbons (Fsp3) is 0.800. The first kappa shape index (κ1) is 14.8. The van der Waals surface area contributed by atoms with Crippen molar-refractivity contribution >= 4 is 16.5 Å². The van der Waals surface area contributed by atoms with E-state index in [1.165, 1.54) is 41.5 Å². The third-order valence-corrected chi connectivity index (χ3v) is 5.07. The Balaban J connectivity index is 2.06. The van der Waals surface area contributed by atoms with Crippen molar-refractivity contribution in [2.75, 3.05) is 25.0 Å². The minimum Gasteiger partial charge on any atom is -0.351 e. The van der Waals surface area contributed by atoms with Gasteiger partial charge in [-0.05, 0) is 31.2 Å². The molecule has 0 radical (unpaired) electrons. The Labute approximate surface area is 121 Å². The van der Waals surface area contributed by atoms with Crippen LogP contribution in [0.2, 0.25) is 0 Å². The standard InChI is InChI=1S/C15H27N3S/c1-5-16-9-13-14(11(2)3)17-15(19-13)18(4)10-12-7-6-8-12/h11-12,16H,5-10H2,1-4H3. The lowest BCUT2D eigenvalue weighted by Gasteiger charge is -2.29. The van der Waals surface area contributed by atoms with E-state index in [9.17, 15) is 0 Å². The van der Waals surface area contributed by atoms with Crippen molar-refractivity contribution in [3.63, 3.8) is 0 Å². The molecule has 1 aliphatic rings. The summed E-state index contributed by atoms with van der Waals surface area (Å²) in [4.78, 5) is 8.64. The topological polar surface area (TPSA) is 28.2 Å². The van der Waals surface area contributed by atoms with Gasteiger partial charge in [0.1, 0.15) is 0 Å². The summed E-state index contributed by atoms with van der Waals surface area (Å²) < 4.78 is 0. The lowest BCUT2D eigenvalue weighted by Crippen LogP contribution is -2.29. The Morgan fingerprint density at radius 1 is 1.42 bits per heavy atom. The van der Waals surface area contributed by atoms with Gasteiger partial charge >= 0.3 is 0 Å². The first-order valence-corrected chi connectivity index (χ1v) is 8.34. The van der Waals surface area contributed by atoms with Gasteiger partial charge in [0, 0.05) is 25.0 Å². The Morgan fingerprint density at radius 3 is 2.68 bits per heavy atom. The molecule has 0 atom stereocenters. The molecule has 0 amide bonds. The predicted molar refractivity (Wildman–Crippen MR) is 84.2 cm³/mol. The lowest BCUT2D eigenvalue weighted by atomic mass is 9.85. The van der Waals surface area contributed by atoms with E-state index < -0.39 is 0 Å². The van der Waals surface area contributed by atoms with Crippen LogP contribution in [0.5, 0.6) is 0 Å². The minimum absolute atomic E-state index is 0.510. The van der Waals surface area contributed by atoms with Gasteiger partial charge in [0.05, 0.1) is 5.69 Å². The van der Waals surface area contributed by atoms with E-state index in [1.807, 2.05) is 11.3 Å². The second-order valence-corrected chi connectivity index (χ2v) is 6.98. The van der Waals surface area contributed by atoms with Crippen LogP contribution in [0.4, 0.5) is 5.13 Å². The Hall–Kier alpha value is -0.610. The first-order valence-electron chi connectivity index (χ1n) is 7.53. The average Bonchev–Trinajstić information content (AvgIpc) is 2.75. The quantitative estimate of drug-likeness (QED) is 0.827. The van der Waals surface area contributed by atoms with Crippen molar-refractivity contribution in [3.05, 3.63) is 10.6 Å². The van der Waals surface area contributed by atoms with Crippen LogP contribution in [0.3, 0.4) is 0 Å². The van der Waals surface area contributed by atoms with Crippen molar-refractivity contribution in [3.8, 4) is 0 Å². The highest BCUT2D eigenvalue weighted by molar-refractivity contribution is 7.15. The Bertz CT molecular complexity index is 396. The molecule has 0 unspecified atom stereocenters. The van der Waals surface area contributed by atoms with Gasteiger partial charge in [0.15, 0.2) is 5.13 Å². The summed E-state index contributed by atoms with van der Waals surface area (Å²) >= 11 is 1.86. The maximum Gasteiger partial charge on any atom is 0.185 e. The summed E-state index contributed by atoms with van der Waals surface area (Å²) in [5, 5.41) is 4.62. The zero-order valence-electron chi connectivity index (χ0n) is 12.7. The molecular formula is C15H27N3S. The number of thiazole rings is 1. The van der Waals surface area contributed by atoms with E-state index in [2.05, 4.69) is 38.0 Å². The molecule has 19 heavy (non-hydrogen) atoms. The summed E-state index contributed by atoms with van der Waals surface area (Å²) in [5.74, 6) is 1.41.